The molecule has 14 heavy (non-hydrogen) atoms. The number of rotatable bonds is 4. The predicted molar refractivity (Wildman–Crippen MR) is 58.7 cm³/mol. The van der Waals surface area contributed by atoms with Gasteiger partial charge >= 0.3 is 0 Å². The molecule has 0 radical (unpaired) electrons. The minimum absolute atomic E-state index is 0.933. The molecule has 0 aliphatic heterocycles. The number of likely N-dealkylation sites (N-methyl/N-ethyl adjacent to an activating group) is 1. The largest absolute Gasteiger partial charge is 0.369 e. The molecule has 1 aliphatic rings. The van der Waals surface area contributed by atoms with Gasteiger partial charge in [-0.15, -0.1) is 0 Å². The number of pyridine rings is 1. The van der Waals surface area contributed by atoms with Gasteiger partial charge in [0.15, 0.2) is 0 Å². The Morgan fingerprint density at radius 3 is 3.07 bits per heavy atom. The van der Waals surface area contributed by atoms with E-state index in [1.807, 2.05) is 7.05 Å². The van der Waals surface area contributed by atoms with Crippen LogP contribution in [0.3, 0.4) is 0 Å². The Bertz CT molecular complexity index is 309. The molecule has 0 aromatic carbocycles. The van der Waals surface area contributed by atoms with Crippen molar-refractivity contribution in [1.82, 2.24) is 10.3 Å². The Balaban J connectivity index is 1.98. The smallest absolute Gasteiger partial charge is 0.126 e. The van der Waals surface area contributed by atoms with Crippen molar-refractivity contribution >= 4 is 5.82 Å². The third kappa shape index (κ3) is 2.04. The highest BCUT2D eigenvalue weighted by Crippen LogP contribution is 2.21. The van der Waals surface area contributed by atoms with Gasteiger partial charge in [-0.2, -0.15) is 0 Å². The van der Waals surface area contributed by atoms with Gasteiger partial charge in [0.05, 0.1) is 0 Å². The molecule has 2 N–H and O–H groups in total. The molecule has 1 aromatic heterocycles. The summed E-state index contributed by atoms with van der Waals surface area (Å²) in [5, 5.41) is 6.40. The van der Waals surface area contributed by atoms with Gasteiger partial charge in [-0.1, -0.05) is 6.07 Å². The third-order valence-corrected chi connectivity index (χ3v) is 2.61. The lowest BCUT2D eigenvalue weighted by Crippen LogP contribution is -2.18. The van der Waals surface area contributed by atoms with Crippen LogP contribution in [0.5, 0.6) is 0 Å². The molecule has 3 heteroatoms. The molecule has 0 spiro atoms. The van der Waals surface area contributed by atoms with Crippen LogP contribution in [0.25, 0.3) is 0 Å². The highest BCUT2D eigenvalue weighted by molar-refractivity contribution is 5.40. The van der Waals surface area contributed by atoms with Crippen molar-refractivity contribution in [3.63, 3.8) is 0 Å². The number of hydrogen-bond acceptors (Lipinski definition) is 3. The summed E-state index contributed by atoms with van der Waals surface area (Å²) >= 11 is 0. The SMILES string of the molecule is CNCCNc1ccc2c(n1)CCC2. The van der Waals surface area contributed by atoms with Gasteiger partial charge in [-0.05, 0) is 37.9 Å². The Morgan fingerprint density at radius 2 is 2.21 bits per heavy atom. The van der Waals surface area contributed by atoms with E-state index in [9.17, 15) is 0 Å². The summed E-state index contributed by atoms with van der Waals surface area (Å²) in [5.41, 5.74) is 2.73. The molecule has 0 bridgehead atoms. The topological polar surface area (TPSA) is 37.0 Å². The molecule has 2 rings (SSSR count). The maximum atomic E-state index is 4.59. The molecular weight excluding hydrogens is 174 g/mol. The van der Waals surface area contributed by atoms with Crippen molar-refractivity contribution < 1.29 is 0 Å². The van der Waals surface area contributed by atoms with E-state index in [1.54, 1.807) is 0 Å². The van der Waals surface area contributed by atoms with E-state index in [4.69, 9.17) is 0 Å². The quantitative estimate of drug-likeness (QED) is 0.702. The normalized spacial score (nSPS) is 14.1. The van der Waals surface area contributed by atoms with E-state index >= 15 is 0 Å². The first kappa shape index (κ1) is 9.46. The predicted octanol–water partition coefficient (Wildman–Crippen LogP) is 1.20. The molecule has 1 aliphatic carbocycles. The van der Waals surface area contributed by atoms with Gasteiger partial charge in [0, 0.05) is 18.8 Å². The zero-order valence-corrected chi connectivity index (χ0v) is 8.64. The maximum absolute atomic E-state index is 4.59. The Labute approximate surface area is 84.9 Å². The van der Waals surface area contributed by atoms with Crippen LogP contribution >= 0.6 is 0 Å². The summed E-state index contributed by atoms with van der Waals surface area (Å²) in [6.45, 7) is 1.90. The van der Waals surface area contributed by atoms with Gasteiger partial charge < -0.3 is 10.6 Å². The number of aryl methyl sites for hydroxylation is 2. The fourth-order valence-corrected chi connectivity index (χ4v) is 1.83. The molecule has 0 atom stereocenters. The number of anilines is 1. The average Bonchev–Trinajstić information content (AvgIpc) is 2.65. The van der Waals surface area contributed by atoms with Crippen LogP contribution in [0.15, 0.2) is 12.1 Å². The van der Waals surface area contributed by atoms with Crippen LogP contribution in [0.1, 0.15) is 17.7 Å². The first-order chi connectivity index (χ1) is 6.90. The van der Waals surface area contributed by atoms with Crippen LogP contribution in [0.2, 0.25) is 0 Å². The summed E-state index contributed by atoms with van der Waals surface area (Å²) < 4.78 is 0. The molecule has 1 heterocycles. The van der Waals surface area contributed by atoms with Gasteiger partial charge in [0.1, 0.15) is 5.82 Å². The third-order valence-electron chi connectivity index (χ3n) is 2.61. The number of fused-ring (bicyclic) bond motifs is 1. The zero-order valence-electron chi connectivity index (χ0n) is 8.64. The number of nitrogens with zero attached hydrogens (tertiary/aromatic N) is 1. The standard InChI is InChI=1S/C11H17N3/c1-12-7-8-13-11-6-5-9-3-2-4-10(9)14-11/h5-6,12H,2-4,7-8H2,1H3,(H,13,14). The monoisotopic (exact) mass is 191 g/mol. The second kappa shape index (κ2) is 4.42. The molecule has 76 valence electrons. The summed E-state index contributed by atoms with van der Waals surface area (Å²) in [6.07, 6.45) is 3.62. The summed E-state index contributed by atoms with van der Waals surface area (Å²) in [7, 11) is 1.96. The second-order valence-corrected chi connectivity index (χ2v) is 3.69. The molecular formula is C11H17N3. The lowest BCUT2D eigenvalue weighted by Gasteiger charge is -2.06. The zero-order chi connectivity index (χ0) is 9.80. The Morgan fingerprint density at radius 1 is 1.29 bits per heavy atom. The van der Waals surface area contributed by atoms with Gasteiger partial charge in [-0.25, -0.2) is 4.98 Å². The van der Waals surface area contributed by atoms with E-state index in [2.05, 4.69) is 27.8 Å². The van der Waals surface area contributed by atoms with Gasteiger partial charge in [0.25, 0.3) is 0 Å². The lowest BCUT2D eigenvalue weighted by molar-refractivity contribution is 0.820. The van der Waals surface area contributed by atoms with Crippen LogP contribution in [0.4, 0.5) is 5.82 Å². The summed E-state index contributed by atoms with van der Waals surface area (Å²) in [4.78, 5) is 4.59. The fraction of sp³-hybridized carbons (Fsp3) is 0.545. The minimum Gasteiger partial charge on any atom is -0.369 e. The van der Waals surface area contributed by atoms with Gasteiger partial charge in [-0.3, -0.25) is 0 Å². The summed E-state index contributed by atoms with van der Waals surface area (Å²) in [6, 6.07) is 4.29. The number of nitrogens with one attached hydrogen (secondary N) is 2. The minimum atomic E-state index is 0.933. The molecule has 3 nitrogen and oxygen atoms in total. The van der Waals surface area contributed by atoms with E-state index in [0.29, 0.717) is 0 Å². The van der Waals surface area contributed by atoms with Crippen LogP contribution in [-0.4, -0.2) is 25.1 Å². The molecule has 1 aromatic rings. The lowest BCUT2D eigenvalue weighted by atomic mass is 10.2. The van der Waals surface area contributed by atoms with E-state index in [-0.39, 0.29) is 0 Å². The molecule has 0 amide bonds. The van der Waals surface area contributed by atoms with Crippen LogP contribution < -0.4 is 10.6 Å². The van der Waals surface area contributed by atoms with Crippen LogP contribution in [-0.2, 0) is 12.8 Å². The van der Waals surface area contributed by atoms with Crippen molar-refractivity contribution in [2.24, 2.45) is 0 Å². The highest BCUT2D eigenvalue weighted by Gasteiger charge is 2.11. The van der Waals surface area contributed by atoms with E-state index in [1.165, 1.54) is 24.1 Å². The van der Waals surface area contributed by atoms with Crippen molar-refractivity contribution in [3.8, 4) is 0 Å². The Hall–Kier alpha value is -1.09. The number of hydrogen-bond donors (Lipinski definition) is 2. The second-order valence-electron chi connectivity index (χ2n) is 3.69. The molecule has 0 saturated heterocycles. The van der Waals surface area contributed by atoms with Gasteiger partial charge in [0.2, 0.25) is 0 Å². The molecule has 0 saturated carbocycles. The first-order valence-corrected chi connectivity index (χ1v) is 5.27. The molecule has 0 unspecified atom stereocenters. The first-order valence-electron chi connectivity index (χ1n) is 5.27. The summed E-state index contributed by atoms with van der Waals surface area (Å²) in [5.74, 6) is 1.01. The fourth-order valence-electron chi connectivity index (χ4n) is 1.83. The Kier molecular flexibility index (Phi) is 2.99. The number of aromatic nitrogens is 1. The van der Waals surface area contributed by atoms with Crippen molar-refractivity contribution in [2.75, 3.05) is 25.5 Å². The van der Waals surface area contributed by atoms with Crippen LogP contribution in [0, 0.1) is 0 Å². The highest BCUT2D eigenvalue weighted by atomic mass is 15.0. The van der Waals surface area contributed by atoms with Crippen molar-refractivity contribution in [1.29, 1.82) is 0 Å². The van der Waals surface area contributed by atoms with Crippen molar-refractivity contribution in [2.45, 2.75) is 19.3 Å². The average molecular weight is 191 g/mol. The van der Waals surface area contributed by atoms with Crippen molar-refractivity contribution in [3.05, 3.63) is 23.4 Å². The van der Waals surface area contributed by atoms with E-state index in [0.717, 1.165) is 25.3 Å². The molecule has 0 fully saturated rings. The van der Waals surface area contributed by atoms with E-state index < -0.39 is 0 Å². The maximum Gasteiger partial charge on any atom is 0.126 e.